The Balaban J connectivity index is 1.77. The van der Waals surface area contributed by atoms with Gasteiger partial charge in [0.15, 0.2) is 0 Å². The number of hydrogen-bond acceptors (Lipinski definition) is 2. The van der Waals surface area contributed by atoms with E-state index in [1.165, 1.54) is 24.3 Å². The first-order valence-corrected chi connectivity index (χ1v) is 7.13. The van der Waals surface area contributed by atoms with Crippen LogP contribution in [-0.2, 0) is 5.75 Å². The van der Waals surface area contributed by atoms with E-state index in [2.05, 4.69) is 4.98 Å². The summed E-state index contributed by atoms with van der Waals surface area (Å²) in [5.41, 5.74) is 1.81. The fraction of sp³-hybridized carbons (Fsp3) is 0.0625. The first-order chi connectivity index (χ1) is 9.70. The van der Waals surface area contributed by atoms with Crippen LogP contribution < -0.4 is 0 Å². The minimum atomic E-state index is -0.258. The van der Waals surface area contributed by atoms with Crippen molar-refractivity contribution < 1.29 is 8.78 Å². The predicted octanol–water partition coefficient (Wildman–Crippen LogP) is 4.81. The van der Waals surface area contributed by atoms with Crippen molar-refractivity contribution in [2.24, 2.45) is 0 Å². The normalized spacial score (nSPS) is 10.9. The van der Waals surface area contributed by atoms with Crippen LogP contribution in [-0.4, -0.2) is 4.98 Å². The van der Waals surface area contributed by atoms with Gasteiger partial charge in [-0.15, -0.1) is 11.8 Å². The lowest BCUT2D eigenvalue weighted by Crippen LogP contribution is -1.86. The molecule has 0 aliphatic carbocycles. The van der Waals surface area contributed by atoms with E-state index in [4.69, 9.17) is 0 Å². The number of rotatable bonds is 3. The van der Waals surface area contributed by atoms with Crippen LogP contribution in [0.25, 0.3) is 10.9 Å². The van der Waals surface area contributed by atoms with Crippen LogP contribution in [0.3, 0.4) is 0 Å². The van der Waals surface area contributed by atoms with Crippen molar-refractivity contribution >= 4 is 22.7 Å². The van der Waals surface area contributed by atoms with Gasteiger partial charge in [-0.2, -0.15) is 0 Å². The first-order valence-electron chi connectivity index (χ1n) is 6.14. The molecule has 0 radical (unpaired) electrons. The molecule has 1 heterocycles. The quantitative estimate of drug-likeness (QED) is 0.641. The van der Waals surface area contributed by atoms with E-state index in [0.29, 0.717) is 0 Å². The molecule has 3 aromatic rings. The molecule has 0 bridgehead atoms. The van der Waals surface area contributed by atoms with Crippen LogP contribution >= 0.6 is 11.8 Å². The summed E-state index contributed by atoms with van der Waals surface area (Å²) in [6.45, 7) is 0. The van der Waals surface area contributed by atoms with E-state index in [0.717, 1.165) is 27.2 Å². The molecule has 100 valence electrons. The van der Waals surface area contributed by atoms with Gasteiger partial charge in [0, 0.05) is 11.1 Å². The smallest absolute Gasteiger partial charge is 0.123 e. The molecule has 0 spiro atoms. The molecule has 0 N–H and O–H groups in total. The highest BCUT2D eigenvalue weighted by atomic mass is 32.2. The number of nitrogens with zero attached hydrogens (tertiary/aromatic N) is 1. The molecular formula is C16H11F2NS. The summed E-state index contributed by atoms with van der Waals surface area (Å²) in [5, 5.41) is 1.66. The van der Waals surface area contributed by atoms with Crippen molar-refractivity contribution in [1.82, 2.24) is 4.98 Å². The van der Waals surface area contributed by atoms with Gasteiger partial charge in [0.05, 0.1) is 10.5 Å². The van der Waals surface area contributed by atoms with E-state index in [-0.39, 0.29) is 11.6 Å². The zero-order valence-corrected chi connectivity index (χ0v) is 11.3. The van der Waals surface area contributed by atoms with Crippen LogP contribution in [0.5, 0.6) is 0 Å². The molecule has 1 aromatic heterocycles. The summed E-state index contributed by atoms with van der Waals surface area (Å²) < 4.78 is 25.9. The second kappa shape index (κ2) is 5.59. The molecule has 0 unspecified atom stereocenters. The van der Waals surface area contributed by atoms with E-state index >= 15 is 0 Å². The highest BCUT2D eigenvalue weighted by molar-refractivity contribution is 7.98. The average Bonchev–Trinajstić information content (AvgIpc) is 2.46. The molecule has 2 aromatic carbocycles. The molecule has 3 rings (SSSR count). The molecular weight excluding hydrogens is 276 g/mol. The number of benzene rings is 2. The third-order valence-corrected chi connectivity index (χ3v) is 3.93. The lowest BCUT2D eigenvalue weighted by atomic mass is 10.2. The lowest BCUT2D eigenvalue weighted by molar-refractivity contribution is 0.627. The molecule has 0 amide bonds. The van der Waals surface area contributed by atoms with Gasteiger partial charge in [0.1, 0.15) is 11.6 Å². The number of pyridine rings is 1. The van der Waals surface area contributed by atoms with Gasteiger partial charge in [-0.25, -0.2) is 13.8 Å². The second-order valence-electron chi connectivity index (χ2n) is 4.40. The molecule has 20 heavy (non-hydrogen) atoms. The minimum absolute atomic E-state index is 0.232. The maximum absolute atomic E-state index is 13.1. The van der Waals surface area contributed by atoms with Gasteiger partial charge in [-0.05, 0) is 42.0 Å². The Bertz CT molecular complexity index is 741. The molecule has 0 saturated carbocycles. The molecule has 1 nitrogen and oxygen atoms in total. The van der Waals surface area contributed by atoms with Gasteiger partial charge in [0.2, 0.25) is 0 Å². The highest BCUT2D eigenvalue weighted by Gasteiger charge is 2.02. The summed E-state index contributed by atoms with van der Waals surface area (Å²) in [5.74, 6) is 0.232. The molecule has 4 heteroatoms. The number of aromatic nitrogens is 1. The molecule has 0 atom stereocenters. The first kappa shape index (κ1) is 13.1. The van der Waals surface area contributed by atoms with Crippen LogP contribution in [0.1, 0.15) is 5.56 Å². The van der Waals surface area contributed by atoms with Crippen molar-refractivity contribution in [1.29, 1.82) is 0 Å². The number of hydrogen-bond donors (Lipinski definition) is 0. The lowest BCUT2D eigenvalue weighted by Gasteiger charge is -2.03. The monoisotopic (exact) mass is 287 g/mol. The number of fused-ring (bicyclic) bond motifs is 1. The van der Waals surface area contributed by atoms with Gasteiger partial charge in [-0.3, -0.25) is 0 Å². The van der Waals surface area contributed by atoms with E-state index < -0.39 is 0 Å². The number of thioether (sulfide) groups is 1. The molecule has 0 saturated heterocycles. The number of halogens is 2. The third kappa shape index (κ3) is 2.96. The Morgan fingerprint density at radius 3 is 2.40 bits per heavy atom. The summed E-state index contributed by atoms with van der Waals surface area (Å²) >= 11 is 1.57. The standard InChI is InChI=1S/C16H11F2NS/c17-13-4-1-11(2-5-13)10-20-16-8-3-12-9-14(18)6-7-15(12)19-16/h1-9H,10H2. The van der Waals surface area contributed by atoms with Crippen molar-refractivity contribution in [3.8, 4) is 0 Å². The van der Waals surface area contributed by atoms with Crippen LogP contribution in [0.15, 0.2) is 59.6 Å². The summed E-state index contributed by atoms with van der Waals surface area (Å²) in [6.07, 6.45) is 0. The second-order valence-corrected chi connectivity index (χ2v) is 5.40. The van der Waals surface area contributed by atoms with Gasteiger partial charge in [-0.1, -0.05) is 18.2 Å². The Hall–Kier alpha value is -1.94. The van der Waals surface area contributed by atoms with Gasteiger partial charge in [0.25, 0.3) is 0 Å². The molecule has 0 fully saturated rings. The predicted molar refractivity (Wildman–Crippen MR) is 77.7 cm³/mol. The van der Waals surface area contributed by atoms with Crippen LogP contribution in [0.4, 0.5) is 8.78 Å². The summed E-state index contributed by atoms with van der Waals surface area (Å²) in [4.78, 5) is 4.47. The highest BCUT2D eigenvalue weighted by Crippen LogP contribution is 2.24. The summed E-state index contributed by atoms with van der Waals surface area (Å²) in [7, 11) is 0. The van der Waals surface area contributed by atoms with E-state index in [1.807, 2.05) is 12.1 Å². The van der Waals surface area contributed by atoms with Crippen molar-refractivity contribution in [2.45, 2.75) is 10.8 Å². The van der Waals surface area contributed by atoms with Gasteiger partial charge >= 0.3 is 0 Å². The Kier molecular flexibility index (Phi) is 3.65. The van der Waals surface area contributed by atoms with Crippen molar-refractivity contribution in [2.75, 3.05) is 0 Å². The zero-order valence-electron chi connectivity index (χ0n) is 10.5. The molecule has 0 aliphatic heterocycles. The Labute approximate surface area is 119 Å². The Morgan fingerprint density at radius 2 is 1.60 bits per heavy atom. The maximum Gasteiger partial charge on any atom is 0.123 e. The average molecular weight is 287 g/mol. The fourth-order valence-electron chi connectivity index (χ4n) is 1.90. The topological polar surface area (TPSA) is 12.9 Å². The Morgan fingerprint density at radius 1 is 0.850 bits per heavy atom. The summed E-state index contributed by atoms with van der Waals surface area (Å²) in [6, 6.07) is 14.7. The van der Waals surface area contributed by atoms with Gasteiger partial charge < -0.3 is 0 Å². The van der Waals surface area contributed by atoms with Crippen LogP contribution in [0.2, 0.25) is 0 Å². The molecule has 0 aliphatic rings. The zero-order chi connectivity index (χ0) is 13.9. The maximum atomic E-state index is 13.1. The van der Waals surface area contributed by atoms with Crippen molar-refractivity contribution in [3.05, 3.63) is 71.8 Å². The van der Waals surface area contributed by atoms with Crippen molar-refractivity contribution in [3.63, 3.8) is 0 Å². The van der Waals surface area contributed by atoms with E-state index in [9.17, 15) is 8.78 Å². The largest absolute Gasteiger partial charge is 0.241 e. The van der Waals surface area contributed by atoms with Crippen LogP contribution in [0, 0.1) is 11.6 Å². The SMILES string of the molecule is Fc1ccc(CSc2ccc3cc(F)ccc3n2)cc1. The minimum Gasteiger partial charge on any atom is -0.241 e. The van der Waals surface area contributed by atoms with E-state index in [1.54, 1.807) is 30.0 Å². The third-order valence-electron chi connectivity index (χ3n) is 2.93. The fourth-order valence-corrected chi connectivity index (χ4v) is 2.73.